The summed E-state index contributed by atoms with van der Waals surface area (Å²) in [4.78, 5) is 74.6. The lowest BCUT2D eigenvalue weighted by Crippen LogP contribution is -2.65. The van der Waals surface area contributed by atoms with E-state index >= 15 is 0 Å². The molecule has 2 fully saturated rings. The molecule has 2 aromatic heterocycles. The van der Waals surface area contributed by atoms with Crippen LogP contribution in [-0.2, 0) is 47.5 Å². The molecule has 4 amide bonds. The van der Waals surface area contributed by atoms with E-state index in [1.165, 1.54) is 52.3 Å². The van der Waals surface area contributed by atoms with Crippen LogP contribution >= 0.6 is 0 Å². The summed E-state index contributed by atoms with van der Waals surface area (Å²) in [5, 5.41) is 48.5. The maximum Gasteiger partial charge on any atom is 0.404 e. The van der Waals surface area contributed by atoms with E-state index in [1.807, 2.05) is 0 Å². The van der Waals surface area contributed by atoms with E-state index in [1.54, 1.807) is 27.7 Å². The second kappa shape index (κ2) is 21.1. The molecule has 0 spiro atoms. The largest absolute Gasteiger partial charge is 0.505 e. The zero-order chi connectivity index (χ0) is 51.6. The van der Waals surface area contributed by atoms with Gasteiger partial charge in [0, 0.05) is 25.3 Å². The first kappa shape index (κ1) is 52.6. The van der Waals surface area contributed by atoms with Crippen molar-refractivity contribution in [2.75, 3.05) is 51.3 Å². The van der Waals surface area contributed by atoms with Crippen LogP contribution in [0.5, 0.6) is 23.0 Å². The topological polar surface area (TPSA) is 378 Å². The van der Waals surface area contributed by atoms with Gasteiger partial charge < -0.3 is 98.7 Å². The summed E-state index contributed by atoms with van der Waals surface area (Å²) < 4.78 is 66.2. The van der Waals surface area contributed by atoms with Crippen molar-refractivity contribution in [3.8, 4) is 23.0 Å². The Morgan fingerprint density at radius 3 is 1.33 bits per heavy atom. The number of aromatic hydroxyl groups is 2. The average molecular weight is 991 g/mol. The van der Waals surface area contributed by atoms with Crippen LogP contribution in [0.25, 0.3) is 21.9 Å². The molecule has 8 atom stereocenters. The van der Waals surface area contributed by atoms with Crippen LogP contribution in [0.4, 0.5) is 21.0 Å². The summed E-state index contributed by atoms with van der Waals surface area (Å²) in [6, 6.07) is 5.43. The molecule has 26 heteroatoms. The van der Waals surface area contributed by atoms with Crippen LogP contribution in [-0.4, -0.2) is 145 Å². The van der Waals surface area contributed by atoms with E-state index in [4.69, 9.17) is 67.7 Å². The first-order chi connectivity index (χ1) is 32.9. The molecule has 2 aliphatic rings. The van der Waals surface area contributed by atoms with Gasteiger partial charge in [-0.2, -0.15) is 0 Å². The number of aliphatic hydroxyl groups is 2. The minimum atomic E-state index is -1.58. The second-order valence-electron chi connectivity index (χ2n) is 17.1. The number of nitrogens with two attached hydrogens (primary N) is 2. The summed E-state index contributed by atoms with van der Waals surface area (Å²) >= 11 is 0. The molecule has 6 rings (SSSR count). The zero-order valence-electron chi connectivity index (χ0n) is 39.0. The van der Waals surface area contributed by atoms with E-state index in [-0.39, 0.29) is 57.8 Å². The van der Waals surface area contributed by atoms with Gasteiger partial charge >= 0.3 is 23.4 Å². The lowest BCUT2D eigenvalue weighted by Gasteiger charge is -2.47. The van der Waals surface area contributed by atoms with Crippen molar-refractivity contribution in [2.24, 2.45) is 11.5 Å². The Morgan fingerprint density at radius 1 is 0.643 bits per heavy atom. The highest BCUT2D eigenvalue weighted by atomic mass is 16.7. The Hall–Kier alpha value is -6.78. The first-order valence-corrected chi connectivity index (χ1v) is 21.3. The molecule has 70 heavy (non-hydrogen) atoms. The molecule has 2 aromatic carbocycles. The molecule has 8 unspecified atom stereocenters. The normalized spacial score (nSPS) is 23.9. The molecule has 4 heterocycles. The quantitative estimate of drug-likeness (QED) is 0.0545. The number of aryl methyl sites for hydroxylation is 2. The predicted molar refractivity (Wildman–Crippen MR) is 238 cm³/mol. The summed E-state index contributed by atoms with van der Waals surface area (Å²) in [5.41, 5.74) is 4.81. The summed E-state index contributed by atoms with van der Waals surface area (Å²) in [6.45, 7) is 7.73. The fraction of sp³-hybridized carbons (Fsp3) is 0.500. The molecule has 2 saturated heterocycles. The smallest absolute Gasteiger partial charge is 0.404 e. The van der Waals surface area contributed by atoms with Crippen molar-refractivity contribution in [3.05, 3.63) is 56.2 Å². The van der Waals surface area contributed by atoms with Gasteiger partial charge in [0.25, 0.3) is 11.8 Å². The molecule has 0 saturated carbocycles. The molecular weight excluding hydrogens is 936 g/mol. The minimum Gasteiger partial charge on any atom is -0.505 e. The van der Waals surface area contributed by atoms with Gasteiger partial charge in [-0.3, -0.25) is 9.59 Å². The second-order valence-corrected chi connectivity index (χ2v) is 17.1. The van der Waals surface area contributed by atoms with Crippen molar-refractivity contribution in [2.45, 2.75) is 102 Å². The Bertz CT molecular complexity index is 2570. The van der Waals surface area contributed by atoms with E-state index < -0.39 is 132 Å². The number of nitrogens with one attached hydrogen (secondary N) is 2. The van der Waals surface area contributed by atoms with Gasteiger partial charge in [-0.25, -0.2) is 19.2 Å². The molecular formula is C44H54N4O22. The number of carbonyl (C=O) groups is 4. The highest BCUT2D eigenvalue weighted by Crippen LogP contribution is 2.40. The van der Waals surface area contributed by atoms with Gasteiger partial charge in [-0.05, 0) is 65.8 Å². The highest BCUT2D eigenvalue weighted by Gasteiger charge is 2.54. The van der Waals surface area contributed by atoms with Crippen molar-refractivity contribution < 1.29 is 95.8 Å². The molecule has 382 valence electrons. The Kier molecular flexibility index (Phi) is 15.8. The van der Waals surface area contributed by atoms with Gasteiger partial charge in [0.2, 0.25) is 12.6 Å². The van der Waals surface area contributed by atoms with Crippen LogP contribution in [0.2, 0.25) is 0 Å². The Balaban J connectivity index is 1.00. The van der Waals surface area contributed by atoms with Crippen LogP contribution in [0.15, 0.2) is 42.7 Å². The van der Waals surface area contributed by atoms with E-state index in [0.717, 1.165) is 0 Å². The summed E-state index contributed by atoms with van der Waals surface area (Å²) in [5.74, 6) is -2.91. The van der Waals surface area contributed by atoms with Crippen LogP contribution in [0.3, 0.4) is 0 Å². The molecule has 0 bridgehead atoms. The number of primary amides is 2. The highest BCUT2D eigenvalue weighted by molar-refractivity contribution is 5.99. The number of anilines is 2. The number of fused-ring (bicyclic) bond motifs is 2. The first-order valence-electron chi connectivity index (χ1n) is 21.3. The molecule has 10 N–H and O–H groups in total. The van der Waals surface area contributed by atoms with E-state index in [0.29, 0.717) is 0 Å². The van der Waals surface area contributed by atoms with Crippen LogP contribution in [0, 0.1) is 13.8 Å². The predicted octanol–water partition coefficient (Wildman–Crippen LogP) is 1.24. The number of benzene rings is 2. The standard InChI is InChI=1S/C44H54N4O22/c1-17-21(63-39-29(53)33(67-41(45)57)35(59-7)43(3,4)69-39)11-9-19-27(51)25(37(55)65-31(17)19)47-23(49)15-61-13-14-62-16-24(50)48-26-28(52)20-10-12-22(18(2)32(20)66-38(26)56)64-40-30(54)34(68-42(46)58)36(60-8)44(5,6)70-40/h9-12,29-30,33-36,39-40,51-54H,13-16H2,1-8H3,(H2,45,57)(H2,46,58)(H,47,49)(H,48,50). The monoisotopic (exact) mass is 990 g/mol. The number of carbonyl (C=O) groups excluding carboxylic acids is 4. The van der Waals surface area contributed by atoms with Crippen molar-refractivity contribution in [3.63, 3.8) is 0 Å². The summed E-state index contributed by atoms with van der Waals surface area (Å²) in [6.07, 6.45) is -12.8. The average Bonchev–Trinajstić information content (AvgIpc) is 3.27. The number of amides is 4. The molecule has 26 nitrogen and oxygen atoms in total. The van der Waals surface area contributed by atoms with Crippen molar-refractivity contribution in [1.82, 2.24) is 0 Å². The van der Waals surface area contributed by atoms with Crippen LogP contribution < -0.4 is 42.8 Å². The zero-order valence-corrected chi connectivity index (χ0v) is 39.0. The Labute approximate surface area is 396 Å². The third-order valence-corrected chi connectivity index (χ3v) is 11.4. The van der Waals surface area contributed by atoms with Crippen molar-refractivity contribution in [1.29, 1.82) is 0 Å². The van der Waals surface area contributed by atoms with Gasteiger partial charge in [-0.15, -0.1) is 0 Å². The van der Waals surface area contributed by atoms with Gasteiger partial charge in [0.1, 0.15) is 48.1 Å². The fourth-order valence-electron chi connectivity index (χ4n) is 8.14. The van der Waals surface area contributed by atoms with Crippen molar-refractivity contribution >= 4 is 57.3 Å². The number of rotatable bonds is 17. The maximum absolute atomic E-state index is 13.0. The van der Waals surface area contributed by atoms with E-state index in [9.17, 15) is 49.2 Å². The number of ether oxygens (including phenoxy) is 10. The van der Waals surface area contributed by atoms with Gasteiger partial charge in [0.15, 0.2) is 47.3 Å². The number of methoxy groups -OCH3 is 2. The Morgan fingerprint density at radius 2 is 1.00 bits per heavy atom. The number of hydrogen-bond acceptors (Lipinski definition) is 22. The third-order valence-electron chi connectivity index (χ3n) is 11.4. The molecule has 0 radical (unpaired) electrons. The minimum absolute atomic E-state index is 0.00301. The molecule has 0 aliphatic carbocycles. The lowest BCUT2D eigenvalue weighted by molar-refractivity contribution is -0.304. The third kappa shape index (κ3) is 11.0. The van der Waals surface area contributed by atoms with Crippen LogP contribution in [0.1, 0.15) is 38.8 Å². The molecule has 2 aliphatic heterocycles. The van der Waals surface area contributed by atoms with Gasteiger partial charge in [0.05, 0.1) is 35.2 Å². The number of hydrogen-bond donors (Lipinski definition) is 8. The molecule has 4 aromatic rings. The van der Waals surface area contributed by atoms with E-state index in [2.05, 4.69) is 10.6 Å². The summed E-state index contributed by atoms with van der Waals surface area (Å²) in [7, 11) is 2.67. The SMILES string of the molecule is COC1C(OC(N)=O)C(O)C(Oc2ccc3c(O)c(NC(=O)COCCOCC(=O)Nc4c(O)c5ccc(OC6OC(C)(C)C(OC)C(OC(N)=O)C6O)c(C)c5oc4=O)c(=O)oc3c2C)OC1(C)C. The van der Waals surface area contributed by atoms with Gasteiger partial charge in [-0.1, -0.05) is 0 Å². The fourth-order valence-corrected chi connectivity index (χ4v) is 8.14. The number of aliphatic hydroxyl groups excluding tert-OH is 2. The maximum atomic E-state index is 13.0. The lowest BCUT2D eigenvalue weighted by atomic mass is 9.89.